The number of hydrogen-bond donors (Lipinski definition) is 5. The molecule has 3 amide bonds. The van der Waals surface area contributed by atoms with Crippen molar-refractivity contribution in [1.29, 1.82) is 0 Å². The molecule has 6 N–H and O–H groups in total. The monoisotopic (exact) mass is 580 g/mol. The first kappa shape index (κ1) is 28.2. The van der Waals surface area contributed by atoms with E-state index < -0.39 is 6.04 Å². The number of urea groups is 1. The zero-order valence-corrected chi connectivity index (χ0v) is 24.0. The zero-order chi connectivity index (χ0) is 29.9. The summed E-state index contributed by atoms with van der Waals surface area (Å²) in [5.74, 6) is -0.628. The van der Waals surface area contributed by atoms with E-state index in [-0.39, 0.29) is 36.1 Å². The van der Waals surface area contributed by atoms with Crippen LogP contribution in [0.4, 0.5) is 4.79 Å². The summed E-state index contributed by atoms with van der Waals surface area (Å²) in [5, 5.41) is 7.01. The maximum Gasteiger partial charge on any atom is 0.326 e. The average Bonchev–Trinajstić information content (AvgIpc) is 3.62. The minimum absolute atomic E-state index is 0.0197. The first-order chi connectivity index (χ1) is 20.9. The van der Waals surface area contributed by atoms with Crippen LogP contribution in [0.5, 0.6) is 0 Å². The number of amides is 3. The summed E-state index contributed by atoms with van der Waals surface area (Å²) >= 11 is 0. The molecule has 4 heterocycles. The molecule has 1 saturated heterocycles. The van der Waals surface area contributed by atoms with Gasteiger partial charge >= 0.3 is 11.7 Å². The highest BCUT2D eigenvalue weighted by molar-refractivity contribution is 5.90. The summed E-state index contributed by atoms with van der Waals surface area (Å²) in [6.45, 7) is 3.47. The number of benzene rings is 2. The molecule has 222 valence electrons. The van der Waals surface area contributed by atoms with Crippen LogP contribution in [0, 0.1) is 0 Å². The number of fused-ring (bicyclic) bond motifs is 2. The number of aromatic nitrogens is 4. The predicted molar refractivity (Wildman–Crippen MR) is 165 cm³/mol. The number of para-hydroxylation sites is 3. The van der Waals surface area contributed by atoms with Gasteiger partial charge in [-0.2, -0.15) is 0 Å². The van der Waals surface area contributed by atoms with Gasteiger partial charge in [0.2, 0.25) is 5.91 Å². The number of piperidine rings is 1. The van der Waals surface area contributed by atoms with Crippen LogP contribution in [0.2, 0.25) is 0 Å². The number of likely N-dealkylation sites (tertiary alicyclic amines) is 1. The molecule has 3 aromatic heterocycles. The van der Waals surface area contributed by atoms with Crippen molar-refractivity contribution in [3.63, 3.8) is 0 Å². The number of carbonyl (C=O) groups excluding carboxylic acids is 2. The van der Waals surface area contributed by atoms with Gasteiger partial charge in [-0.3, -0.25) is 14.3 Å². The van der Waals surface area contributed by atoms with Gasteiger partial charge in [-0.05, 0) is 54.3 Å². The largest absolute Gasteiger partial charge is 0.361 e. The lowest BCUT2D eigenvalue weighted by atomic mass is 9.92. The number of aromatic amines is 2. The van der Waals surface area contributed by atoms with E-state index >= 15 is 0 Å². The van der Waals surface area contributed by atoms with Crippen LogP contribution in [0.3, 0.4) is 0 Å². The molecule has 0 aliphatic carbocycles. The van der Waals surface area contributed by atoms with Gasteiger partial charge in [0.15, 0.2) is 0 Å². The SMILES string of the molecule is C[C@@H](c1c[nH]c2ccccc12)[C@@H](NC(=O)N1CCC(n2c(=O)[nH]c3ccccc32)CC1)C(=O)NCc1cc(CN)ccn1. The molecule has 6 rings (SSSR count). The highest BCUT2D eigenvalue weighted by Crippen LogP contribution is 2.29. The number of carbonyl (C=O) groups is 2. The highest BCUT2D eigenvalue weighted by Gasteiger charge is 2.33. The summed E-state index contributed by atoms with van der Waals surface area (Å²) in [5.41, 5.74) is 10.8. The Bertz CT molecular complexity index is 1810. The first-order valence-electron chi connectivity index (χ1n) is 14.6. The van der Waals surface area contributed by atoms with Gasteiger partial charge in [-0.15, -0.1) is 0 Å². The summed E-state index contributed by atoms with van der Waals surface area (Å²) in [6, 6.07) is 18.1. The summed E-state index contributed by atoms with van der Waals surface area (Å²) in [6.07, 6.45) is 4.84. The molecular formula is C32H36N8O3. The second-order valence-corrected chi connectivity index (χ2v) is 11.1. The Kier molecular flexibility index (Phi) is 7.97. The maximum absolute atomic E-state index is 13.7. The Morgan fingerprint density at radius 2 is 1.81 bits per heavy atom. The Hall–Kier alpha value is -4.90. The molecule has 43 heavy (non-hydrogen) atoms. The first-order valence-corrected chi connectivity index (χ1v) is 14.6. The third-order valence-corrected chi connectivity index (χ3v) is 8.47. The lowest BCUT2D eigenvalue weighted by Gasteiger charge is -2.34. The van der Waals surface area contributed by atoms with Gasteiger partial charge < -0.3 is 31.2 Å². The molecule has 11 nitrogen and oxygen atoms in total. The molecule has 1 aliphatic heterocycles. The van der Waals surface area contributed by atoms with E-state index in [9.17, 15) is 14.4 Å². The van der Waals surface area contributed by atoms with Crippen LogP contribution in [-0.4, -0.2) is 55.5 Å². The van der Waals surface area contributed by atoms with Gasteiger partial charge in [0.05, 0.1) is 23.3 Å². The van der Waals surface area contributed by atoms with Crippen LogP contribution in [-0.2, 0) is 17.9 Å². The van der Waals surface area contributed by atoms with Gasteiger partial charge in [0, 0.05) is 54.9 Å². The smallest absolute Gasteiger partial charge is 0.326 e. The molecule has 0 spiro atoms. The Labute approximate surface area is 248 Å². The van der Waals surface area contributed by atoms with Crippen molar-refractivity contribution in [3.8, 4) is 0 Å². The third kappa shape index (κ3) is 5.76. The van der Waals surface area contributed by atoms with Crippen molar-refractivity contribution in [1.82, 2.24) is 35.1 Å². The fourth-order valence-corrected chi connectivity index (χ4v) is 6.10. The molecule has 0 unspecified atom stereocenters. The molecule has 2 aromatic carbocycles. The minimum atomic E-state index is -0.835. The number of imidazole rings is 1. The second-order valence-electron chi connectivity index (χ2n) is 11.1. The van der Waals surface area contributed by atoms with E-state index in [0.29, 0.717) is 38.2 Å². The van der Waals surface area contributed by atoms with Gasteiger partial charge in [-0.25, -0.2) is 9.59 Å². The van der Waals surface area contributed by atoms with E-state index in [1.807, 2.05) is 73.8 Å². The number of rotatable bonds is 8. The van der Waals surface area contributed by atoms with E-state index in [1.54, 1.807) is 15.7 Å². The molecule has 0 radical (unpaired) electrons. The molecule has 5 aromatic rings. The van der Waals surface area contributed by atoms with Crippen molar-refractivity contribution in [3.05, 3.63) is 100 Å². The molecule has 11 heteroatoms. The quantitative estimate of drug-likeness (QED) is 0.190. The van der Waals surface area contributed by atoms with E-state index in [0.717, 1.165) is 33.1 Å². The van der Waals surface area contributed by atoms with Crippen LogP contribution >= 0.6 is 0 Å². The van der Waals surface area contributed by atoms with Crippen molar-refractivity contribution < 1.29 is 9.59 Å². The number of hydrogen-bond acceptors (Lipinski definition) is 5. The number of pyridine rings is 1. The standard InChI is InChI=1S/C32H36N8O3/c1-20(25-19-35-26-7-3-2-6-24(25)26)29(30(41)36-18-22-16-21(17-33)10-13-34-22)38-31(42)39-14-11-23(12-15-39)40-28-9-5-4-8-27(28)37-32(40)43/h2-10,13,16,19-20,23,29,35H,11-12,14-15,17-18,33H2,1H3,(H,36,41)(H,37,43)(H,38,42)/t20-,29+/m0/s1. The fourth-order valence-electron chi connectivity index (χ4n) is 6.10. The molecule has 1 fully saturated rings. The number of nitrogens with zero attached hydrogens (tertiary/aromatic N) is 3. The fraction of sp³-hybridized carbons (Fsp3) is 0.312. The number of nitrogens with two attached hydrogens (primary N) is 1. The third-order valence-electron chi connectivity index (χ3n) is 8.47. The summed E-state index contributed by atoms with van der Waals surface area (Å²) < 4.78 is 1.80. The van der Waals surface area contributed by atoms with Gasteiger partial charge in [-0.1, -0.05) is 37.3 Å². The van der Waals surface area contributed by atoms with Crippen LogP contribution in [0.25, 0.3) is 21.9 Å². The molecule has 1 aliphatic rings. The Balaban J connectivity index is 1.18. The summed E-state index contributed by atoms with van der Waals surface area (Å²) in [7, 11) is 0. The van der Waals surface area contributed by atoms with E-state index in [4.69, 9.17) is 5.73 Å². The second kappa shape index (κ2) is 12.1. The minimum Gasteiger partial charge on any atom is -0.361 e. The number of H-pyrrole nitrogens is 2. The zero-order valence-electron chi connectivity index (χ0n) is 24.0. The lowest BCUT2D eigenvalue weighted by Crippen LogP contribution is -2.54. The molecule has 0 saturated carbocycles. The molecule has 0 bridgehead atoms. The maximum atomic E-state index is 13.7. The van der Waals surface area contributed by atoms with Crippen molar-refractivity contribution in [2.45, 2.75) is 50.9 Å². The Morgan fingerprint density at radius 3 is 2.60 bits per heavy atom. The van der Waals surface area contributed by atoms with Crippen LogP contribution in [0.1, 0.15) is 48.5 Å². The van der Waals surface area contributed by atoms with Crippen LogP contribution in [0.15, 0.2) is 77.9 Å². The lowest BCUT2D eigenvalue weighted by molar-refractivity contribution is -0.123. The van der Waals surface area contributed by atoms with Gasteiger partial charge in [0.25, 0.3) is 0 Å². The predicted octanol–water partition coefficient (Wildman–Crippen LogP) is 3.50. The topological polar surface area (TPSA) is 154 Å². The normalized spacial score (nSPS) is 15.4. The number of nitrogens with one attached hydrogen (secondary N) is 4. The van der Waals surface area contributed by atoms with Crippen LogP contribution < -0.4 is 22.1 Å². The van der Waals surface area contributed by atoms with Crippen molar-refractivity contribution in [2.24, 2.45) is 5.73 Å². The molecule has 2 atom stereocenters. The van der Waals surface area contributed by atoms with Crippen molar-refractivity contribution in [2.75, 3.05) is 13.1 Å². The highest BCUT2D eigenvalue weighted by atomic mass is 16.2. The molecular weight excluding hydrogens is 544 g/mol. The Morgan fingerprint density at radius 1 is 1.07 bits per heavy atom. The average molecular weight is 581 g/mol. The van der Waals surface area contributed by atoms with E-state index in [2.05, 4.69) is 25.6 Å². The van der Waals surface area contributed by atoms with Crippen molar-refractivity contribution >= 4 is 33.9 Å². The summed E-state index contributed by atoms with van der Waals surface area (Å²) in [4.78, 5) is 52.3. The van der Waals surface area contributed by atoms with E-state index in [1.165, 1.54) is 0 Å². The van der Waals surface area contributed by atoms with Gasteiger partial charge in [0.1, 0.15) is 6.04 Å².